The molecule has 8 heteroatoms. The molecule has 45 heavy (non-hydrogen) atoms. The van der Waals surface area contributed by atoms with Gasteiger partial charge in [-0.2, -0.15) is 0 Å². The normalized spacial score (nSPS) is 10.9. The van der Waals surface area contributed by atoms with Crippen molar-refractivity contribution in [3.8, 4) is 34.5 Å². The van der Waals surface area contributed by atoms with Crippen molar-refractivity contribution in [1.29, 1.82) is 0 Å². The Hall–Kier alpha value is -5.50. The van der Waals surface area contributed by atoms with Gasteiger partial charge in [0.05, 0.1) is 41.7 Å². The van der Waals surface area contributed by atoms with Crippen LogP contribution in [0, 0.1) is 0 Å². The zero-order valence-corrected chi connectivity index (χ0v) is 25.8. The second kappa shape index (κ2) is 16.4. The molecule has 0 aliphatic heterocycles. The van der Waals surface area contributed by atoms with Gasteiger partial charge in [0.25, 0.3) is 0 Å². The number of carbonyl (C=O) groups excluding carboxylic acids is 2. The van der Waals surface area contributed by atoms with E-state index in [0.29, 0.717) is 65.3 Å². The monoisotopic (exact) mass is 608 g/mol. The van der Waals surface area contributed by atoms with Gasteiger partial charge in [0, 0.05) is 17.5 Å². The van der Waals surface area contributed by atoms with Gasteiger partial charge in [0.15, 0.2) is 34.6 Å². The van der Waals surface area contributed by atoms with Gasteiger partial charge in [-0.3, -0.25) is 9.59 Å². The summed E-state index contributed by atoms with van der Waals surface area (Å²) in [5, 5.41) is 0. The minimum atomic E-state index is -0.147. The van der Waals surface area contributed by atoms with Crippen molar-refractivity contribution in [3.05, 3.63) is 119 Å². The van der Waals surface area contributed by atoms with Crippen molar-refractivity contribution in [2.45, 2.75) is 6.42 Å². The van der Waals surface area contributed by atoms with Gasteiger partial charge >= 0.3 is 0 Å². The Morgan fingerprint density at radius 1 is 0.533 bits per heavy atom. The van der Waals surface area contributed by atoms with E-state index in [-0.39, 0.29) is 11.6 Å². The van der Waals surface area contributed by atoms with Crippen LogP contribution in [0.5, 0.6) is 34.5 Å². The quantitative estimate of drug-likeness (QED) is 0.0741. The third-order valence-electron chi connectivity index (χ3n) is 6.73. The van der Waals surface area contributed by atoms with Crippen LogP contribution in [0.15, 0.2) is 97.1 Å². The first-order valence-corrected chi connectivity index (χ1v) is 14.3. The molecule has 8 nitrogen and oxygen atoms in total. The van der Waals surface area contributed by atoms with E-state index in [1.807, 2.05) is 12.1 Å². The number of ether oxygens (including phenoxy) is 6. The highest BCUT2D eigenvalue weighted by molar-refractivity contribution is 6.07. The molecule has 0 atom stereocenters. The topological polar surface area (TPSA) is 89.5 Å². The van der Waals surface area contributed by atoms with E-state index >= 15 is 0 Å². The number of benzene rings is 4. The van der Waals surface area contributed by atoms with E-state index in [1.165, 1.54) is 12.2 Å². The van der Waals surface area contributed by atoms with Gasteiger partial charge in [-0.05, 0) is 71.8 Å². The molecule has 0 N–H and O–H groups in total. The molecule has 0 saturated heterocycles. The number of ketones is 2. The van der Waals surface area contributed by atoms with Crippen LogP contribution in [0.2, 0.25) is 0 Å². The van der Waals surface area contributed by atoms with E-state index in [0.717, 1.165) is 11.1 Å². The molecule has 0 aliphatic carbocycles. The summed E-state index contributed by atoms with van der Waals surface area (Å²) < 4.78 is 32.9. The average Bonchev–Trinajstić information content (AvgIpc) is 3.09. The maximum atomic E-state index is 12.8. The van der Waals surface area contributed by atoms with Gasteiger partial charge in [0.1, 0.15) is 11.5 Å². The van der Waals surface area contributed by atoms with E-state index < -0.39 is 0 Å². The summed E-state index contributed by atoms with van der Waals surface area (Å²) in [5.41, 5.74) is 2.66. The molecule has 4 aromatic rings. The van der Waals surface area contributed by atoms with Gasteiger partial charge < -0.3 is 28.4 Å². The van der Waals surface area contributed by atoms with Crippen molar-refractivity contribution in [2.24, 2.45) is 0 Å². The molecule has 0 spiro atoms. The standard InChI is InChI=1S/C37H36O8/c1-40-34-18-14-26(22-36(34)42-3)12-16-32(38)28-8-5-10-30(24-28)44-20-7-21-45-31-11-6-9-29(25-31)33(39)17-13-27-15-19-35(41-2)37(23-27)43-4/h5-6,8-19,22-25H,7,20-21H2,1-4H3/b16-12+,17-13+. The highest BCUT2D eigenvalue weighted by atomic mass is 16.5. The Morgan fingerprint density at radius 3 is 1.36 bits per heavy atom. The Kier molecular flexibility index (Phi) is 11.8. The molecule has 4 aromatic carbocycles. The third kappa shape index (κ3) is 9.24. The first kappa shape index (κ1) is 32.4. The van der Waals surface area contributed by atoms with Crippen molar-refractivity contribution >= 4 is 23.7 Å². The highest BCUT2D eigenvalue weighted by Gasteiger charge is 2.08. The van der Waals surface area contributed by atoms with Gasteiger partial charge in [0.2, 0.25) is 0 Å². The van der Waals surface area contributed by atoms with Crippen molar-refractivity contribution in [3.63, 3.8) is 0 Å². The van der Waals surface area contributed by atoms with Crippen molar-refractivity contribution in [1.82, 2.24) is 0 Å². The highest BCUT2D eigenvalue weighted by Crippen LogP contribution is 2.29. The number of allylic oxidation sites excluding steroid dienone is 2. The summed E-state index contributed by atoms with van der Waals surface area (Å²) in [6.45, 7) is 0.789. The van der Waals surface area contributed by atoms with Crippen LogP contribution in [0.4, 0.5) is 0 Å². The Bertz CT molecular complexity index is 1550. The fraction of sp³-hybridized carbons (Fsp3) is 0.189. The fourth-order valence-corrected chi connectivity index (χ4v) is 4.37. The molecule has 0 saturated carbocycles. The summed E-state index contributed by atoms with van der Waals surface area (Å²) in [6, 6.07) is 25.0. The molecule has 0 heterocycles. The summed E-state index contributed by atoms with van der Waals surface area (Å²) in [5.74, 6) is 3.31. The molecule has 4 rings (SSSR count). The van der Waals surface area contributed by atoms with Crippen molar-refractivity contribution < 1.29 is 38.0 Å². The number of rotatable bonds is 16. The van der Waals surface area contributed by atoms with Crippen LogP contribution < -0.4 is 28.4 Å². The number of methoxy groups -OCH3 is 4. The average molecular weight is 609 g/mol. The smallest absolute Gasteiger partial charge is 0.185 e. The Labute approximate surface area is 263 Å². The molecule has 232 valence electrons. The zero-order chi connectivity index (χ0) is 32.0. The molecule has 0 unspecified atom stereocenters. The van der Waals surface area contributed by atoms with Gasteiger partial charge in [-0.25, -0.2) is 0 Å². The fourth-order valence-electron chi connectivity index (χ4n) is 4.37. The lowest BCUT2D eigenvalue weighted by molar-refractivity contribution is 0.103. The van der Waals surface area contributed by atoms with E-state index in [2.05, 4.69) is 0 Å². The molecule has 0 fully saturated rings. The maximum Gasteiger partial charge on any atom is 0.185 e. The molecule has 0 amide bonds. The van der Waals surface area contributed by atoms with E-state index in [9.17, 15) is 9.59 Å². The van der Waals surface area contributed by atoms with Crippen LogP contribution in [-0.4, -0.2) is 53.2 Å². The molecular formula is C37H36O8. The Morgan fingerprint density at radius 2 is 0.956 bits per heavy atom. The first-order chi connectivity index (χ1) is 21.9. The van der Waals surface area contributed by atoms with Gasteiger partial charge in [-0.1, -0.05) is 48.6 Å². The largest absolute Gasteiger partial charge is 0.493 e. The molecule has 0 radical (unpaired) electrons. The summed E-state index contributed by atoms with van der Waals surface area (Å²) in [6.07, 6.45) is 7.09. The minimum absolute atomic E-state index is 0.147. The lowest BCUT2D eigenvalue weighted by Crippen LogP contribution is -2.06. The predicted molar refractivity (Wildman–Crippen MR) is 174 cm³/mol. The van der Waals surface area contributed by atoms with E-state index in [1.54, 1.807) is 113 Å². The number of carbonyl (C=O) groups is 2. The van der Waals surface area contributed by atoms with Crippen molar-refractivity contribution in [2.75, 3.05) is 41.7 Å². The molecular weight excluding hydrogens is 572 g/mol. The number of hydrogen-bond donors (Lipinski definition) is 0. The third-order valence-corrected chi connectivity index (χ3v) is 6.73. The SMILES string of the molecule is COc1ccc(/C=C/C(=O)c2cccc(OCCCOc3cccc(C(=O)/C=C/c4ccc(OC)c(OC)c4)c3)c2)cc1OC. The molecule has 0 bridgehead atoms. The second-order valence-electron chi connectivity index (χ2n) is 9.73. The van der Waals surface area contributed by atoms with Crippen LogP contribution in [0.3, 0.4) is 0 Å². The van der Waals surface area contributed by atoms with E-state index in [4.69, 9.17) is 28.4 Å². The Balaban J connectivity index is 1.25. The van der Waals surface area contributed by atoms with Crippen LogP contribution in [0.25, 0.3) is 12.2 Å². The minimum Gasteiger partial charge on any atom is -0.493 e. The van der Waals surface area contributed by atoms with Crippen LogP contribution >= 0.6 is 0 Å². The number of hydrogen-bond acceptors (Lipinski definition) is 8. The predicted octanol–water partition coefficient (Wildman–Crippen LogP) is 7.36. The first-order valence-electron chi connectivity index (χ1n) is 14.3. The second-order valence-corrected chi connectivity index (χ2v) is 9.73. The maximum absolute atomic E-state index is 12.8. The summed E-state index contributed by atoms with van der Waals surface area (Å²) in [7, 11) is 6.28. The lowest BCUT2D eigenvalue weighted by atomic mass is 10.1. The summed E-state index contributed by atoms with van der Waals surface area (Å²) >= 11 is 0. The molecule has 0 aliphatic rings. The molecule has 0 aromatic heterocycles. The van der Waals surface area contributed by atoms with Crippen LogP contribution in [0.1, 0.15) is 38.3 Å². The van der Waals surface area contributed by atoms with Gasteiger partial charge in [-0.15, -0.1) is 0 Å². The zero-order valence-electron chi connectivity index (χ0n) is 25.8. The lowest BCUT2D eigenvalue weighted by Gasteiger charge is -2.09. The van der Waals surface area contributed by atoms with Crippen LogP contribution in [-0.2, 0) is 0 Å². The summed E-state index contributed by atoms with van der Waals surface area (Å²) in [4.78, 5) is 25.5.